The van der Waals surface area contributed by atoms with Gasteiger partial charge in [0.15, 0.2) is 6.10 Å². The Morgan fingerprint density at radius 1 is 0.276 bits per heavy atom. The van der Waals surface area contributed by atoms with E-state index >= 15 is 0 Å². The molecule has 440 valence electrons. The molecule has 0 aliphatic carbocycles. The zero-order valence-corrected chi connectivity index (χ0v) is 50.5. The van der Waals surface area contributed by atoms with Gasteiger partial charge in [0.25, 0.3) is 0 Å². The Kier molecular flexibility index (Phi) is 61.7. The lowest BCUT2D eigenvalue weighted by atomic mass is 10.0. The third kappa shape index (κ3) is 61.7. The molecule has 0 rings (SSSR count). The van der Waals surface area contributed by atoms with Crippen molar-refractivity contribution in [1.29, 1.82) is 0 Å². The average Bonchev–Trinajstić information content (AvgIpc) is 3.42. The summed E-state index contributed by atoms with van der Waals surface area (Å²) in [5, 5.41) is 0. The second-order valence-electron chi connectivity index (χ2n) is 22.0. The molecule has 1 atom stereocenters. The quantitative estimate of drug-likeness (QED) is 0.0261. The highest BCUT2D eigenvalue weighted by molar-refractivity contribution is 5.71. The van der Waals surface area contributed by atoms with E-state index in [2.05, 4.69) is 93.7 Å². The molecule has 0 aromatic heterocycles. The van der Waals surface area contributed by atoms with Crippen molar-refractivity contribution in [2.75, 3.05) is 13.2 Å². The Hall–Kier alpha value is -3.15. The van der Waals surface area contributed by atoms with Gasteiger partial charge in [0.2, 0.25) is 0 Å². The molecule has 76 heavy (non-hydrogen) atoms. The van der Waals surface area contributed by atoms with Gasteiger partial charge in [-0.3, -0.25) is 14.4 Å². The van der Waals surface area contributed by atoms with E-state index in [-0.39, 0.29) is 31.1 Å². The summed E-state index contributed by atoms with van der Waals surface area (Å²) in [6.45, 7) is 6.52. The summed E-state index contributed by atoms with van der Waals surface area (Å²) in [5.74, 6) is -0.867. The summed E-state index contributed by atoms with van der Waals surface area (Å²) in [6.07, 6.45) is 83.6. The third-order valence-corrected chi connectivity index (χ3v) is 14.4. The summed E-state index contributed by atoms with van der Waals surface area (Å²) in [5.41, 5.74) is 0. The number of carbonyl (C=O) groups is 3. The highest BCUT2D eigenvalue weighted by Crippen LogP contribution is 2.17. The summed E-state index contributed by atoms with van der Waals surface area (Å²) in [6, 6.07) is 0. The highest BCUT2D eigenvalue weighted by Gasteiger charge is 2.19. The van der Waals surface area contributed by atoms with Gasteiger partial charge in [-0.15, -0.1) is 0 Å². The van der Waals surface area contributed by atoms with Crippen LogP contribution in [0.1, 0.15) is 335 Å². The molecule has 0 aliphatic heterocycles. The number of hydrogen-bond donors (Lipinski definition) is 0. The van der Waals surface area contributed by atoms with Crippen LogP contribution in [0.15, 0.2) is 72.9 Å². The molecule has 6 nitrogen and oxygen atoms in total. The topological polar surface area (TPSA) is 78.9 Å². The molecular weight excluding hydrogens is 937 g/mol. The van der Waals surface area contributed by atoms with Crippen molar-refractivity contribution in [1.82, 2.24) is 0 Å². The smallest absolute Gasteiger partial charge is 0.306 e. The molecule has 0 radical (unpaired) electrons. The van der Waals surface area contributed by atoms with Gasteiger partial charge >= 0.3 is 17.9 Å². The highest BCUT2D eigenvalue weighted by atomic mass is 16.6. The molecule has 0 aromatic carbocycles. The summed E-state index contributed by atoms with van der Waals surface area (Å²) < 4.78 is 16.9. The van der Waals surface area contributed by atoms with Crippen molar-refractivity contribution in [3.8, 4) is 0 Å². The minimum absolute atomic E-state index is 0.0738. The first-order chi connectivity index (χ1) is 37.5. The molecule has 0 spiro atoms. The van der Waals surface area contributed by atoms with Crippen LogP contribution < -0.4 is 0 Å². The molecule has 0 saturated heterocycles. The number of carbonyl (C=O) groups excluding carboxylic acids is 3. The van der Waals surface area contributed by atoms with Crippen LogP contribution in [0, 0.1) is 0 Å². The number of ether oxygens (including phenoxy) is 3. The molecule has 0 N–H and O–H groups in total. The monoisotopic (exact) mass is 1060 g/mol. The zero-order chi connectivity index (χ0) is 55.0. The van der Waals surface area contributed by atoms with Crippen molar-refractivity contribution in [3.63, 3.8) is 0 Å². The second kappa shape index (κ2) is 64.4. The van der Waals surface area contributed by atoms with Crippen LogP contribution in [-0.4, -0.2) is 37.2 Å². The molecule has 0 aromatic rings. The summed E-state index contributed by atoms with van der Waals surface area (Å²) in [4.78, 5) is 38.2. The fourth-order valence-electron chi connectivity index (χ4n) is 9.53. The summed E-state index contributed by atoms with van der Waals surface area (Å²) in [7, 11) is 0. The van der Waals surface area contributed by atoms with Gasteiger partial charge in [-0.2, -0.15) is 0 Å². The van der Waals surface area contributed by atoms with Crippen molar-refractivity contribution in [2.45, 2.75) is 341 Å². The Morgan fingerprint density at radius 2 is 0.513 bits per heavy atom. The van der Waals surface area contributed by atoms with Gasteiger partial charge in [-0.25, -0.2) is 0 Å². The van der Waals surface area contributed by atoms with E-state index in [0.29, 0.717) is 19.3 Å². The lowest BCUT2D eigenvalue weighted by molar-refractivity contribution is -0.167. The van der Waals surface area contributed by atoms with Crippen LogP contribution in [0.3, 0.4) is 0 Å². The second-order valence-corrected chi connectivity index (χ2v) is 22.0. The minimum atomic E-state index is -0.775. The first-order valence-electron chi connectivity index (χ1n) is 32.9. The predicted octanol–water partition coefficient (Wildman–Crippen LogP) is 22.5. The van der Waals surface area contributed by atoms with Gasteiger partial charge in [0, 0.05) is 19.3 Å². The van der Waals surface area contributed by atoms with E-state index in [9.17, 15) is 14.4 Å². The number of esters is 3. The fourth-order valence-corrected chi connectivity index (χ4v) is 9.53. The minimum Gasteiger partial charge on any atom is -0.462 e. The fraction of sp³-hybridized carbons (Fsp3) is 0.786. The maximum absolute atomic E-state index is 12.9. The molecule has 0 heterocycles. The number of allylic oxidation sites excluding steroid dienone is 12. The van der Waals surface area contributed by atoms with Crippen molar-refractivity contribution >= 4 is 17.9 Å². The van der Waals surface area contributed by atoms with Gasteiger partial charge < -0.3 is 14.2 Å². The average molecular weight is 1060 g/mol. The third-order valence-electron chi connectivity index (χ3n) is 14.4. The van der Waals surface area contributed by atoms with Gasteiger partial charge in [0.1, 0.15) is 13.2 Å². The number of rotatable bonds is 60. The van der Waals surface area contributed by atoms with Crippen LogP contribution in [-0.2, 0) is 28.6 Å². The molecule has 0 saturated carbocycles. The van der Waals surface area contributed by atoms with Crippen LogP contribution >= 0.6 is 0 Å². The molecule has 6 heteroatoms. The standard InChI is InChI=1S/C70H124O6/c1-4-7-10-13-16-19-21-23-25-27-29-30-31-32-33-34-35-36-37-38-39-40-41-43-44-46-48-51-54-57-60-63-69(72)75-66-67(65-74-68(71)62-59-56-53-50-18-15-12-9-6-3)76-70(73)64-61-58-55-52-49-47-45-42-28-26-24-22-20-17-14-11-8-5-2/h7,10,16,19-20,22-23,25-26,28-30,67H,4-6,8-9,11-15,17-18,21,24,27,31-66H2,1-3H3/b10-7-,19-16-,22-20-,25-23-,28-26-,30-29-. The maximum atomic E-state index is 12.9. The normalized spacial score (nSPS) is 12.5. The molecule has 1 unspecified atom stereocenters. The van der Waals surface area contributed by atoms with E-state index in [1.165, 1.54) is 199 Å². The molecule has 0 aliphatic rings. The Balaban J connectivity index is 4.10. The Bertz CT molecular complexity index is 1400. The summed E-state index contributed by atoms with van der Waals surface area (Å²) >= 11 is 0. The molecule has 0 bridgehead atoms. The van der Waals surface area contributed by atoms with Gasteiger partial charge in [-0.1, -0.05) is 299 Å². The van der Waals surface area contributed by atoms with Crippen LogP contribution in [0.2, 0.25) is 0 Å². The van der Waals surface area contributed by atoms with Crippen LogP contribution in [0.25, 0.3) is 0 Å². The van der Waals surface area contributed by atoms with Gasteiger partial charge in [-0.05, 0) is 89.9 Å². The number of unbranched alkanes of at least 4 members (excludes halogenated alkanes) is 37. The van der Waals surface area contributed by atoms with Gasteiger partial charge in [0.05, 0.1) is 0 Å². The molecule has 0 fully saturated rings. The van der Waals surface area contributed by atoms with Crippen molar-refractivity contribution in [3.05, 3.63) is 72.9 Å². The SMILES string of the molecule is CC/C=C\C/C=C\C/C=C\C/C=C\CCCCCCCCCCCCCCCCCCCCC(=O)OCC(COC(=O)CCCCCCCCCCC)OC(=O)CCCCCCCCC/C=C\C/C=C\CCCCCC. The number of hydrogen-bond acceptors (Lipinski definition) is 6. The predicted molar refractivity (Wildman–Crippen MR) is 330 cm³/mol. The lowest BCUT2D eigenvalue weighted by Crippen LogP contribution is -2.30. The van der Waals surface area contributed by atoms with Crippen LogP contribution in [0.5, 0.6) is 0 Å². The lowest BCUT2D eigenvalue weighted by Gasteiger charge is -2.18. The Morgan fingerprint density at radius 3 is 0.816 bits per heavy atom. The van der Waals surface area contributed by atoms with E-state index in [1.807, 2.05) is 0 Å². The van der Waals surface area contributed by atoms with Crippen molar-refractivity contribution < 1.29 is 28.6 Å². The first-order valence-corrected chi connectivity index (χ1v) is 32.9. The van der Waals surface area contributed by atoms with Crippen molar-refractivity contribution in [2.24, 2.45) is 0 Å². The van der Waals surface area contributed by atoms with E-state index < -0.39 is 6.10 Å². The van der Waals surface area contributed by atoms with E-state index in [1.54, 1.807) is 0 Å². The van der Waals surface area contributed by atoms with E-state index in [0.717, 1.165) is 96.3 Å². The molecule has 0 amide bonds. The van der Waals surface area contributed by atoms with E-state index in [4.69, 9.17) is 14.2 Å². The maximum Gasteiger partial charge on any atom is 0.306 e. The Labute approximate surface area is 472 Å². The zero-order valence-electron chi connectivity index (χ0n) is 50.5. The van der Waals surface area contributed by atoms with Crippen LogP contribution in [0.4, 0.5) is 0 Å². The first kappa shape index (κ1) is 72.8. The molecular formula is C70H124O6. The largest absolute Gasteiger partial charge is 0.462 e.